The zero-order valence-electron chi connectivity index (χ0n) is 11.3. The summed E-state index contributed by atoms with van der Waals surface area (Å²) in [5, 5.41) is 3.43. The van der Waals surface area contributed by atoms with Crippen molar-refractivity contribution in [2.45, 2.75) is 56.8 Å². The van der Waals surface area contributed by atoms with E-state index in [1.165, 1.54) is 14.9 Å². The highest BCUT2D eigenvalue weighted by molar-refractivity contribution is 9.10. The Morgan fingerprint density at radius 1 is 1.29 bits per heavy atom. The standard InChI is InChI=1S/C14H22BrNS/c1-10(2)16-9-11-6-7-12(8-13(11)15)17-14(3,4)5/h6-8,10,16H,9H2,1-5H3. The Morgan fingerprint density at radius 2 is 1.94 bits per heavy atom. The molecule has 3 heteroatoms. The number of thioether (sulfide) groups is 1. The molecule has 1 aromatic carbocycles. The van der Waals surface area contributed by atoms with Gasteiger partial charge in [-0.1, -0.05) is 56.6 Å². The molecule has 1 rings (SSSR count). The van der Waals surface area contributed by atoms with Crippen molar-refractivity contribution in [3.63, 3.8) is 0 Å². The minimum Gasteiger partial charge on any atom is -0.310 e. The summed E-state index contributed by atoms with van der Waals surface area (Å²) in [6.07, 6.45) is 0. The molecule has 1 aromatic rings. The highest BCUT2D eigenvalue weighted by Crippen LogP contribution is 2.34. The first-order valence-electron chi connectivity index (χ1n) is 5.99. The fraction of sp³-hybridized carbons (Fsp3) is 0.571. The number of nitrogens with one attached hydrogen (secondary N) is 1. The van der Waals surface area contributed by atoms with E-state index in [-0.39, 0.29) is 4.75 Å². The molecule has 0 unspecified atom stereocenters. The van der Waals surface area contributed by atoms with E-state index in [0.29, 0.717) is 6.04 Å². The number of hydrogen-bond donors (Lipinski definition) is 1. The Morgan fingerprint density at radius 3 is 2.41 bits per heavy atom. The van der Waals surface area contributed by atoms with Crippen LogP contribution in [-0.2, 0) is 6.54 Å². The van der Waals surface area contributed by atoms with Gasteiger partial charge in [0.2, 0.25) is 0 Å². The molecule has 0 atom stereocenters. The highest BCUT2D eigenvalue weighted by Gasteiger charge is 2.12. The van der Waals surface area contributed by atoms with Gasteiger partial charge in [0.15, 0.2) is 0 Å². The summed E-state index contributed by atoms with van der Waals surface area (Å²) in [5.74, 6) is 0. The van der Waals surface area contributed by atoms with Crippen LogP contribution in [0.5, 0.6) is 0 Å². The Bertz CT molecular complexity index is 369. The first kappa shape index (κ1) is 15.1. The molecule has 0 fully saturated rings. The van der Waals surface area contributed by atoms with Gasteiger partial charge in [-0.05, 0) is 17.7 Å². The van der Waals surface area contributed by atoms with Crippen molar-refractivity contribution in [2.75, 3.05) is 0 Å². The molecule has 0 radical (unpaired) electrons. The van der Waals surface area contributed by atoms with Crippen LogP contribution in [0.1, 0.15) is 40.2 Å². The quantitative estimate of drug-likeness (QED) is 0.798. The van der Waals surface area contributed by atoms with Crippen molar-refractivity contribution >= 4 is 27.7 Å². The van der Waals surface area contributed by atoms with Crippen molar-refractivity contribution in [3.05, 3.63) is 28.2 Å². The molecule has 0 aromatic heterocycles. The smallest absolute Gasteiger partial charge is 0.0231 e. The largest absolute Gasteiger partial charge is 0.310 e. The second kappa shape index (κ2) is 6.26. The van der Waals surface area contributed by atoms with Crippen LogP contribution in [0.4, 0.5) is 0 Å². The van der Waals surface area contributed by atoms with E-state index in [2.05, 4.69) is 74.1 Å². The summed E-state index contributed by atoms with van der Waals surface area (Å²) in [4.78, 5) is 1.32. The lowest BCUT2D eigenvalue weighted by Crippen LogP contribution is -2.22. The van der Waals surface area contributed by atoms with Gasteiger partial charge in [-0.15, -0.1) is 11.8 Å². The molecule has 0 aliphatic carbocycles. The fourth-order valence-electron chi connectivity index (χ4n) is 1.40. The molecule has 0 amide bonds. The second-order valence-electron chi connectivity index (χ2n) is 5.50. The summed E-state index contributed by atoms with van der Waals surface area (Å²) in [5.41, 5.74) is 1.32. The SMILES string of the molecule is CC(C)NCc1ccc(SC(C)(C)C)cc1Br. The monoisotopic (exact) mass is 315 g/mol. The Kier molecular flexibility index (Phi) is 5.55. The van der Waals surface area contributed by atoms with Gasteiger partial charge in [0, 0.05) is 26.7 Å². The summed E-state index contributed by atoms with van der Waals surface area (Å²) < 4.78 is 1.46. The number of halogens is 1. The topological polar surface area (TPSA) is 12.0 Å². The minimum absolute atomic E-state index is 0.261. The fourth-order valence-corrected chi connectivity index (χ4v) is 3.09. The summed E-state index contributed by atoms with van der Waals surface area (Å²) in [7, 11) is 0. The molecule has 0 spiro atoms. The van der Waals surface area contributed by atoms with Gasteiger partial charge in [-0.2, -0.15) is 0 Å². The van der Waals surface area contributed by atoms with E-state index in [9.17, 15) is 0 Å². The van der Waals surface area contributed by atoms with E-state index >= 15 is 0 Å². The van der Waals surface area contributed by atoms with Crippen molar-refractivity contribution < 1.29 is 0 Å². The third-order valence-corrected chi connectivity index (χ3v) is 3.99. The molecular formula is C14H22BrNS. The number of benzene rings is 1. The molecule has 0 saturated heterocycles. The Hall–Kier alpha value is 0.01000. The maximum absolute atomic E-state index is 3.65. The lowest BCUT2D eigenvalue weighted by Gasteiger charge is -2.18. The first-order chi connectivity index (χ1) is 7.78. The maximum Gasteiger partial charge on any atom is 0.0231 e. The van der Waals surface area contributed by atoms with E-state index in [4.69, 9.17) is 0 Å². The van der Waals surface area contributed by atoms with Crippen LogP contribution in [0.2, 0.25) is 0 Å². The Balaban J connectivity index is 2.72. The third kappa shape index (κ3) is 5.94. The number of hydrogen-bond acceptors (Lipinski definition) is 2. The van der Waals surface area contributed by atoms with Crippen molar-refractivity contribution in [1.29, 1.82) is 0 Å². The van der Waals surface area contributed by atoms with E-state index in [1.54, 1.807) is 0 Å². The van der Waals surface area contributed by atoms with Gasteiger partial charge < -0.3 is 5.32 Å². The van der Waals surface area contributed by atoms with Crippen LogP contribution in [0.3, 0.4) is 0 Å². The van der Waals surface area contributed by atoms with Crippen LogP contribution in [0.25, 0.3) is 0 Å². The average molecular weight is 316 g/mol. The predicted octanol–water partition coefficient (Wildman–Crippen LogP) is 4.84. The molecule has 0 aliphatic heterocycles. The lowest BCUT2D eigenvalue weighted by atomic mass is 10.2. The average Bonchev–Trinajstić information content (AvgIpc) is 2.13. The van der Waals surface area contributed by atoms with Crippen LogP contribution >= 0.6 is 27.7 Å². The molecule has 0 saturated carbocycles. The van der Waals surface area contributed by atoms with Gasteiger partial charge >= 0.3 is 0 Å². The van der Waals surface area contributed by atoms with Crippen molar-refractivity contribution in [2.24, 2.45) is 0 Å². The Labute approximate surface area is 118 Å². The minimum atomic E-state index is 0.261. The van der Waals surface area contributed by atoms with E-state index in [1.807, 2.05) is 11.8 Å². The second-order valence-corrected chi connectivity index (χ2v) is 8.26. The zero-order valence-corrected chi connectivity index (χ0v) is 13.7. The van der Waals surface area contributed by atoms with Crippen LogP contribution in [0, 0.1) is 0 Å². The molecule has 1 nitrogen and oxygen atoms in total. The highest BCUT2D eigenvalue weighted by atomic mass is 79.9. The van der Waals surface area contributed by atoms with E-state index in [0.717, 1.165) is 6.54 Å². The molecule has 17 heavy (non-hydrogen) atoms. The first-order valence-corrected chi connectivity index (χ1v) is 7.60. The number of rotatable bonds is 4. The van der Waals surface area contributed by atoms with Crippen molar-refractivity contribution in [3.8, 4) is 0 Å². The van der Waals surface area contributed by atoms with Gasteiger partial charge in [-0.25, -0.2) is 0 Å². The zero-order chi connectivity index (χ0) is 13.1. The van der Waals surface area contributed by atoms with Gasteiger partial charge in [0.05, 0.1) is 0 Å². The molecule has 0 heterocycles. The molecule has 1 N–H and O–H groups in total. The summed E-state index contributed by atoms with van der Waals surface area (Å²) in [6, 6.07) is 7.14. The van der Waals surface area contributed by atoms with Crippen molar-refractivity contribution in [1.82, 2.24) is 5.32 Å². The molecule has 0 bridgehead atoms. The van der Waals surface area contributed by atoms with Crippen LogP contribution in [0.15, 0.2) is 27.6 Å². The van der Waals surface area contributed by atoms with Crippen LogP contribution in [-0.4, -0.2) is 10.8 Å². The summed E-state index contributed by atoms with van der Waals surface area (Å²) >= 11 is 5.55. The normalized spacial score (nSPS) is 12.2. The predicted molar refractivity (Wildman–Crippen MR) is 81.7 cm³/mol. The molecule has 96 valence electrons. The lowest BCUT2D eigenvalue weighted by molar-refractivity contribution is 0.587. The van der Waals surface area contributed by atoms with Gasteiger partial charge in [-0.3, -0.25) is 0 Å². The van der Waals surface area contributed by atoms with Crippen LogP contribution < -0.4 is 5.32 Å². The van der Waals surface area contributed by atoms with Gasteiger partial charge in [0.25, 0.3) is 0 Å². The summed E-state index contributed by atoms with van der Waals surface area (Å²) in [6.45, 7) is 12.0. The molecular weight excluding hydrogens is 294 g/mol. The van der Waals surface area contributed by atoms with Gasteiger partial charge in [0.1, 0.15) is 0 Å². The molecule has 0 aliphatic rings. The van der Waals surface area contributed by atoms with E-state index < -0.39 is 0 Å². The maximum atomic E-state index is 3.65. The third-order valence-electron chi connectivity index (χ3n) is 2.15.